The van der Waals surface area contributed by atoms with Gasteiger partial charge in [-0.15, -0.1) is 0 Å². The minimum absolute atomic E-state index is 0.266. The van der Waals surface area contributed by atoms with Crippen molar-refractivity contribution in [3.63, 3.8) is 0 Å². The lowest BCUT2D eigenvalue weighted by Crippen LogP contribution is -2.09. The van der Waals surface area contributed by atoms with Crippen molar-refractivity contribution in [3.05, 3.63) is 10.0 Å². The largest absolute Gasteiger partial charge is 0.380 e. The average molecular weight is 260 g/mol. The highest BCUT2D eigenvalue weighted by Crippen LogP contribution is 2.25. The highest BCUT2D eigenvalue weighted by atomic mass is 35.5. The maximum atomic E-state index is 8.68. The van der Waals surface area contributed by atoms with Gasteiger partial charge in [0, 0.05) is 13.2 Å². The molecule has 1 heterocycles. The summed E-state index contributed by atoms with van der Waals surface area (Å²) >= 11 is 6.99. The molecule has 0 radical (unpaired) electrons. The van der Waals surface area contributed by atoms with E-state index in [1.165, 1.54) is 11.3 Å². The molecule has 16 heavy (non-hydrogen) atoms. The van der Waals surface area contributed by atoms with Crippen molar-refractivity contribution in [1.29, 1.82) is 5.26 Å². The topological polar surface area (TPSA) is 57.9 Å². The molecule has 0 amide bonds. The molecule has 0 saturated carbocycles. The Morgan fingerprint density at radius 1 is 1.56 bits per heavy atom. The standard InChI is InChI=1S/C10H14ClN3OS/c1-2-3-5-15-6-4-13-10-14-9(11)8(7-12)16-10/h2-6H2,1H3,(H,13,14). The molecule has 6 heteroatoms. The number of nitrogens with zero attached hydrogens (tertiary/aromatic N) is 2. The van der Waals surface area contributed by atoms with Gasteiger partial charge in [-0.3, -0.25) is 0 Å². The zero-order chi connectivity index (χ0) is 11.8. The second-order valence-electron chi connectivity index (χ2n) is 3.14. The van der Waals surface area contributed by atoms with Gasteiger partial charge >= 0.3 is 0 Å². The summed E-state index contributed by atoms with van der Waals surface area (Å²) in [5.41, 5.74) is 0. The molecule has 0 aliphatic carbocycles. The van der Waals surface area contributed by atoms with E-state index in [1.807, 2.05) is 6.07 Å². The maximum absolute atomic E-state index is 8.68. The molecular formula is C10H14ClN3OS. The summed E-state index contributed by atoms with van der Waals surface area (Å²) in [5, 5.41) is 12.7. The number of nitriles is 1. The molecule has 1 N–H and O–H groups in total. The van der Waals surface area contributed by atoms with E-state index in [9.17, 15) is 0 Å². The lowest BCUT2D eigenvalue weighted by Gasteiger charge is -2.03. The van der Waals surface area contributed by atoms with E-state index in [2.05, 4.69) is 17.2 Å². The van der Waals surface area contributed by atoms with Crippen LogP contribution in [0.5, 0.6) is 0 Å². The fraction of sp³-hybridized carbons (Fsp3) is 0.600. The Hall–Kier alpha value is -0.830. The predicted molar refractivity (Wildman–Crippen MR) is 66.1 cm³/mol. The van der Waals surface area contributed by atoms with Crippen LogP contribution in [-0.2, 0) is 4.74 Å². The van der Waals surface area contributed by atoms with E-state index < -0.39 is 0 Å². The summed E-state index contributed by atoms with van der Waals surface area (Å²) in [5.74, 6) is 0. The Morgan fingerprint density at radius 2 is 2.38 bits per heavy atom. The van der Waals surface area contributed by atoms with Crippen LogP contribution in [0.1, 0.15) is 24.6 Å². The number of ether oxygens (including phenoxy) is 1. The minimum Gasteiger partial charge on any atom is -0.380 e. The van der Waals surface area contributed by atoms with Crippen molar-refractivity contribution in [2.75, 3.05) is 25.1 Å². The normalized spacial score (nSPS) is 10.1. The van der Waals surface area contributed by atoms with E-state index >= 15 is 0 Å². The Kier molecular flexibility index (Phi) is 6.16. The van der Waals surface area contributed by atoms with Gasteiger partial charge < -0.3 is 10.1 Å². The molecule has 0 bridgehead atoms. The van der Waals surface area contributed by atoms with E-state index in [1.54, 1.807) is 0 Å². The van der Waals surface area contributed by atoms with Gasteiger partial charge in [-0.2, -0.15) is 5.26 Å². The van der Waals surface area contributed by atoms with E-state index in [4.69, 9.17) is 21.6 Å². The summed E-state index contributed by atoms with van der Waals surface area (Å²) in [7, 11) is 0. The highest BCUT2D eigenvalue weighted by Gasteiger charge is 2.07. The smallest absolute Gasteiger partial charge is 0.185 e. The Balaban J connectivity index is 2.20. The minimum atomic E-state index is 0.266. The third-order valence-electron chi connectivity index (χ3n) is 1.85. The fourth-order valence-corrected chi connectivity index (χ4v) is 2.00. The highest BCUT2D eigenvalue weighted by molar-refractivity contribution is 7.16. The SMILES string of the molecule is CCCCOCCNc1nc(Cl)c(C#N)s1. The third kappa shape index (κ3) is 4.35. The second kappa shape index (κ2) is 7.44. The van der Waals surface area contributed by atoms with Crippen LogP contribution in [0.2, 0.25) is 5.15 Å². The number of anilines is 1. The van der Waals surface area contributed by atoms with Crippen LogP contribution in [0.15, 0.2) is 0 Å². The predicted octanol–water partition coefficient (Wildman–Crippen LogP) is 2.90. The zero-order valence-electron chi connectivity index (χ0n) is 9.12. The number of thiazole rings is 1. The number of hydrogen-bond donors (Lipinski definition) is 1. The molecule has 1 rings (SSSR count). The number of halogens is 1. The Bertz CT molecular complexity index is 361. The van der Waals surface area contributed by atoms with Crippen LogP contribution in [0.4, 0.5) is 5.13 Å². The van der Waals surface area contributed by atoms with Crippen molar-refractivity contribution in [1.82, 2.24) is 4.98 Å². The lowest BCUT2D eigenvalue weighted by molar-refractivity contribution is 0.141. The van der Waals surface area contributed by atoms with Gasteiger partial charge in [0.1, 0.15) is 10.9 Å². The molecule has 0 spiro atoms. The van der Waals surface area contributed by atoms with Crippen molar-refractivity contribution in [2.45, 2.75) is 19.8 Å². The number of aromatic nitrogens is 1. The third-order valence-corrected chi connectivity index (χ3v) is 3.16. The number of hydrogen-bond acceptors (Lipinski definition) is 5. The van der Waals surface area contributed by atoms with Crippen LogP contribution in [0.25, 0.3) is 0 Å². The first-order chi connectivity index (χ1) is 7.77. The quantitative estimate of drug-likeness (QED) is 0.765. The summed E-state index contributed by atoms with van der Waals surface area (Å²) < 4.78 is 5.38. The summed E-state index contributed by atoms with van der Waals surface area (Å²) in [4.78, 5) is 4.45. The first-order valence-corrected chi connectivity index (χ1v) is 6.35. The van der Waals surface area contributed by atoms with Gasteiger partial charge in [0.25, 0.3) is 0 Å². The molecule has 0 saturated heterocycles. The molecule has 0 unspecified atom stereocenters. The first-order valence-electron chi connectivity index (χ1n) is 5.16. The van der Waals surface area contributed by atoms with Crippen molar-refractivity contribution in [3.8, 4) is 6.07 Å². The Morgan fingerprint density at radius 3 is 3.00 bits per heavy atom. The number of rotatable bonds is 7. The van der Waals surface area contributed by atoms with Gasteiger partial charge in [-0.25, -0.2) is 4.98 Å². The molecular weight excluding hydrogens is 246 g/mol. The molecule has 88 valence electrons. The monoisotopic (exact) mass is 259 g/mol. The van der Waals surface area contributed by atoms with Crippen LogP contribution >= 0.6 is 22.9 Å². The lowest BCUT2D eigenvalue weighted by atomic mass is 10.4. The molecule has 0 atom stereocenters. The van der Waals surface area contributed by atoms with Crippen molar-refractivity contribution < 1.29 is 4.74 Å². The summed E-state index contributed by atoms with van der Waals surface area (Å²) in [6.07, 6.45) is 2.22. The zero-order valence-corrected chi connectivity index (χ0v) is 10.7. The molecule has 0 aliphatic rings. The summed E-state index contributed by atoms with van der Waals surface area (Å²) in [6, 6.07) is 1.99. The van der Waals surface area contributed by atoms with Crippen molar-refractivity contribution >= 4 is 28.1 Å². The molecule has 0 aromatic carbocycles. The van der Waals surface area contributed by atoms with Crippen LogP contribution in [0.3, 0.4) is 0 Å². The molecule has 1 aromatic heterocycles. The van der Waals surface area contributed by atoms with Crippen LogP contribution in [0, 0.1) is 11.3 Å². The molecule has 0 aliphatic heterocycles. The van der Waals surface area contributed by atoms with E-state index in [0.29, 0.717) is 23.2 Å². The van der Waals surface area contributed by atoms with Gasteiger partial charge in [-0.1, -0.05) is 36.3 Å². The molecule has 4 nitrogen and oxygen atoms in total. The second-order valence-corrected chi connectivity index (χ2v) is 4.50. The first kappa shape index (κ1) is 13.2. The fourth-order valence-electron chi connectivity index (χ4n) is 1.02. The van der Waals surface area contributed by atoms with Gasteiger partial charge in [0.15, 0.2) is 10.3 Å². The van der Waals surface area contributed by atoms with Gasteiger partial charge in [0.2, 0.25) is 0 Å². The summed E-state index contributed by atoms with van der Waals surface area (Å²) in [6.45, 7) is 4.24. The van der Waals surface area contributed by atoms with E-state index in [-0.39, 0.29) is 5.15 Å². The van der Waals surface area contributed by atoms with Crippen molar-refractivity contribution in [2.24, 2.45) is 0 Å². The molecule has 1 aromatic rings. The van der Waals surface area contributed by atoms with Gasteiger partial charge in [-0.05, 0) is 6.42 Å². The average Bonchev–Trinajstić information content (AvgIpc) is 2.64. The Labute approximate surface area is 104 Å². The maximum Gasteiger partial charge on any atom is 0.185 e. The number of nitrogens with one attached hydrogen (secondary N) is 1. The van der Waals surface area contributed by atoms with E-state index in [0.717, 1.165) is 19.4 Å². The number of unbranched alkanes of at least 4 members (excludes halogenated alkanes) is 1. The van der Waals surface area contributed by atoms with Gasteiger partial charge in [0.05, 0.1) is 6.61 Å². The van der Waals surface area contributed by atoms with Crippen LogP contribution < -0.4 is 5.32 Å². The van der Waals surface area contributed by atoms with Crippen LogP contribution in [-0.4, -0.2) is 24.7 Å². The molecule has 0 fully saturated rings.